The number of anilines is 1. The van der Waals surface area contributed by atoms with E-state index in [0.29, 0.717) is 6.54 Å². The molecule has 1 aromatic rings. The molecule has 3 nitrogen and oxygen atoms in total. The van der Waals surface area contributed by atoms with E-state index in [1.54, 1.807) is 0 Å². The number of nitrogens with two attached hydrogens (primary N) is 1. The average Bonchev–Trinajstić information content (AvgIpc) is 2.42. The Kier molecular flexibility index (Phi) is 4.25. The van der Waals surface area contributed by atoms with Crippen LogP contribution in [0.1, 0.15) is 50.2 Å². The van der Waals surface area contributed by atoms with Gasteiger partial charge in [-0.05, 0) is 37.0 Å². The Labute approximate surface area is 115 Å². The second kappa shape index (κ2) is 5.74. The van der Waals surface area contributed by atoms with Crippen LogP contribution in [0.15, 0.2) is 18.2 Å². The number of hydrogen-bond donors (Lipinski definition) is 2. The summed E-state index contributed by atoms with van der Waals surface area (Å²) >= 11 is 0. The number of carbonyl (C=O) groups is 1. The molecule has 1 fully saturated rings. The fourth-order valence-corrected chi connectivity index (χ4v) is 2.76. The molecule has 0 atom stereocenters. The number of hydrogen-bond acceptors (Lipinski definition) is 2. The summed E-state index contributed by atoms with van der Waals surface area (Å²) in [5.74, 6) is 0.157. The first kappa shape index (κ1) is 14.1. The summed E-state index contributed by atoms with van der Waals surface area (Å²) in [4.78, 5) is 12.5. The molecule has 0 aliphatic heterocycles. The molecule has 0 aromatic heterocycles. The average molecular weight is 260 g/mol. The topological polar surface area (TPSA) is 55.1 Å². The minimum Gasteiger partial charge on any atom is -0.326 e. The summed E-state index contributed by atoms with van der Waals surface area (Å²) in [6, 6.07) is 6.01. The molecule has 19 heavy (non-hydrogen) atoms. The second-order valence-corrected chi connectivity index (χ2v) is 5.93. The van der Waals surface area contributed by atoms with Crippen LogP contribution < -0.4 is 11.1 Å². The Morgan fingerprint density at radius 3 is 2.63 bits per heavy atom. The smallest absolute Gasteiger partial charge is 0.230 e. The number of aryl methyl sites for hydroxylation is 1. The van der Waals surface area contributed by atoms with E-state index in [9.17, 15) is 4.79 Å². The SMILES string of the molecule is Cc1ccc(CN)cc1NC(=O)C1(C)CCCCC1. The highest BCUT2D eigenvalue weighted by molar-refractivity contribution is 5.95. The number of nitrogens with one attached hydrogen (secondary N) is 1. The summed E-state index contributed by atoms with van der Waals surface area (Å²) < 4.78 is 0. The molecule has 104 valence electrons. The molecule has 1 aromatic carbocycles. The van der Waals surface area contributed by atoms with Gasteiger partial charge in [0.1, 0.15) is 0 Å². The van der Waals surface area contributed by atoms with E-state index >= 15 is 0 Å². The van der Waals surface area contributed by atoms with Crippen molar-refractivity contribution in [2.45, 2.75) is 52.5 Å². The predicted molar refractivity (Wildman–Crippen MR) is 78.9 cm³/mol. The molecule has 0 radical (unpaired) electrons. The van der Waals surface area contributed by atoms with Crippen LogP contribution in [0.5, 0.6) is 0 Å². The number of rotatable bonds is 3. The van der Waals surface area contributed by atoms with Crippen molar-refractivity contribution in [3.8, 4) is 0 Å². The van der Waals surface area contributed by atoms with Gasteiger partial charge in [-0.2, -0.15) is 0 Å². The lowest BCUT2D eigenvalue weighted by Crippen LogP contribution is -2.35. The van der Waals surface area contributed by atoms with E-state index < -0.39 is 0 Å². The van der Waals surface area contributed by atoms with Crippen molar-refractivity contribution >= 4 is 11.6 Å². The fraction of sp³-hybridized carbons (Fsp3) is 0.562. The van der Waals surface area contributed by atoms with Gasteiger partial charge in [0.25, 0.3) is 0 Å². The maximum absolute atomic E-state index is 12.5. The van der Waals surface area contributed by atoms with Crippen LogP contribution in [-0.2, 0) is 11.3 Å². The Hall–Kier alpha value is -1.35. The maximum atomic E-state index is 12.5. The summed E-state index contributed by atoms with van der Waals surface area (Å²) in [7, 11) is 0. The summed E-state index contributed by atoms with van der Waals surface area (Å²) in [6.45, 7) is 4.60. The standard InChI is InChI=1S/C16H24N2O/c1-12-6-7-13(11-17)10-14(12)18-15(19)16(2)8-4-3-5-9-16/h6-7,10H,3-5,8-9,11,17H2,1-2H3,(H,18,19). The largest absolute Gasteiger partial charge is 0.326 e. The van der Waals surface area contributed by atoms with E-state index in [4.69, 9.17) is 5.73 Å². The van der Waals surface area contributed by atoms with Gasteiger partial charge in [-0.15, -0.1) is 0 Å². The van der Waals surface area contributed by atoms with Crippen LogP contribution >= 0.6 is 0 Å². The first-order valence-electron chi connectivity index (χ1n) is 7.16. The summed E-state index contributed by atoms with van der Waals surface area (Å²) in [6.07, 6.45) is 5.56. The minimum absolute atomic E-state index is 0.157. The zero-order chi connectivity index (χ0) is 13.9. The molecular formula is C16H24N2O. The van der Waals surface area contributed by atoms with Crippen molar-refractivity contribution in [3.05, 3.63) is 29.3 Å². The molecule has 3 N–H and O–H groups in total. The monoisotopic (exact) mass is 260 g/mol. The van der Waals surface area contributed by atoms with Crippen molar-refractivity contribution in [3.63, 3.8) is 0 Å². The van der Waals surface area contributed by atoms with Gasteiger partial charge < -0.3 is 11.1 Å². The van der Waals surface area contributed by atoms with Crippen molar-refractivity contribution < 1.29 is 4.79 Å². The van der Waals surface area contributed by atoms with Gasteiger partial charge >= 0.3 is 0 Å². The molecule has 1 aliphatic rings. The Morgan fingerprint density at radius 1 is 1.32 bits per heavy atom. The number of carbonyl (C=O) groups excluding carboxylic acids is 1. The highest BCUT2D eigenvalue weighted by atomic mass is 16.2. The molecule has 3 heteroatoms. The first-order chi connectivity index (χ1) is 9.05. The molecule has 2 rings (SSSR count). The number of amides is 1. The van der Waals surface area contributed by atoms with E-state index in [1.807, 2.05) is 25.1 Å². The van der Waals surface area contributed by atoms with Crippen LogP contribution in [0.2, 0.25) is 0 Å². The molecule has 0 bridgehead atoms. The van der Waals surface area contributed by atoms with Crippen LogP contribution in [-0.4, -0.2) is 5.91 Å². The third-order valence-electron chi connectivity index (χ3n) is 4.29. The highest BCUT2D eigenvalue weighted by Crippen LogP contribution is 2.37. The zero-order valence-electron chi connectivity index (χ0n) is 12.0. The first-order valence-corrected chi connectivity index (χ1v) is 7.16. The van der Waals surface area contributed by atoms with Crippen LogP contribution in [0.25, 0.3) is 0 Å². The zero-order valence-corrected chi connectivity index (χ0v) is 12.0. The Balaban J connectivity index is 2.14. The van der Waals surface area contributed by atoms with Gasteiger partial charge in [0.2, 0.25) is 5.91 Å². The fourth-order valence-electron chi connectivity index (χ4n) is 2.76. The molecule has 0 saturated heterocycles. The molecule has 1 aliphatic carbocycles. The van der Waals surface area contributed by atoms with Gasteiger partial charge in [-0.3, -0.25) is 4.79 Å². The van der Waals surface area contributed by atoms with Crippen LogP contribution in [0.4, 0.5) is 5.69 Å². The molecule has 0 spiro atoms. The normalized spacial score (nSPS) is 18.1. The van der Waals surface area contributed by atoms with Crippen molar-refractivity contribution in [1.82, 2.24) is 0 Å². The lowest BCUT2D eigenvalue weighted by Gasteiger charge is -2.32. The predicted octanol–water partition coefficient (Wildman–Crippen LogP) is 3.36. The van der Waals surface area contributed by atoms with Crippen molar-refractivity contribution in [1.29, 1.82) is 0 Å². The van der Waals surface area contributed by atoms with Crippen molar-refractivity contribution in [2.75, 3.05) is 5.32 Å². The van der Waals surface area contributed by atoms with E-state index in [2.05, 4.69) is 12.2 Å². The molecule has 0 unspecified atom stereocenters. The van der Waals surface area contributed by atoms with E-state index in [0.717, 1.165) is 42.5 Å². The number of benzene rings is 1. The minimum atomic E-state index is -0.205. The lowest BCUT2D eigenvalue weighted by molar-refractivity contribution is -0.126. The third-order valence-corrected chi connectivity index (χ3v) is 4.29. The Bertz CT molecular complexity index is 462. The van der Waals surface area contributed by atoms with E-state index in [-0.39, 0.29) is 11.3 Å². The van der Waals surface area contributed by atoms with Crippen LogP contribution in [0, 0.1) is 12.3 Å². The van der Waals surface area contributed by atoms with Crippen molar-refractivity contribution in [2.24, 2.45) is 11.1 Å². The van der Waals surface area contributed by atoms with Gasteiger partial charge in [-0.1, -0.05) is 38.3 Å². The Morgan fingerprint density at radius 2 is 2.00 bits per heavy atom. The summed E-state index contributed by atoms with van der Waals surface area (Å²) in [5.41, 5.74) is 8.49. The highest BCUT2D eigenvalue weighted by Gasteiger charge is 2.34. The molecule has 0 heterocycles. The van der Waals surface area contributed by atoms with Gasteiger partial charge in [-0.25, -0.2) is 0 Å². The van der Waals surface area contributed by atoms with E-state index in [1.165, 1.54) is 6.42 Å². The third kappa shape index (κ3) is 3.16. The second-order valence-electron chi connectivity index (χ2n) is 5.93. The van der Waals surface area contributed by atoms with Gasteiger partial charge in [0.15, 0.2) is 0 Å². The summed E-state index contributed by atoms with van der Waals surface area (Å²) in [5, 5.41) is 3.10. The quantitative estimate of drug-likeness (QED) is 0.875. The van der Waals surface area contributed by atoms with Crippen LogP contribution in [0.3, 0.4) is 0 Å². The molecular weight excluding hydrogens is 236 g/mol. The van der Waals surface area contributed by atoms with Gasteiger partial charge in [0.05, 0.1) is 0 Å². The lowest BCUT2D eigenvalue weighted by atomic mass is 9.75. The maximum Gasteiger partial charge on any atom is 0.230 e. The molecule has 1 amide bonds. The molecule has 1 saturated carbocycles. The van der Waals surface area contributed by atoms with Gasteiger partial charge in [0, 0.05) is 17.6 Å².